The van der Waals surface area contributed by atoms with Gasteiger partial charge in [-0.2, -0.15) is 0 Å². The lowest BCUT2D eigenvalue weighted by molar-refractivity contribution is -0.117. The Morgan fingerprint density at radius 2 is 2.03 bits per heavy atom. The monoisotopic (exact) mass is 420 g/mol. The topological polar surface area (TPSA) is 79.7 Å². The van der Waals surface area contributed by atoms with E-state index in [0.29, 0.717) is 30.1 Å². The molecule has 1 N–H and O–H groups in total. The van der Waals surface area contributed by atoms with Gasteiger partial charge in [0.15, 0.2) is 5.65 Å². The summed E-state index contributed by atoms with van der Waals surface area (Å²) in [5.74, 6) is 0.494. The molecule has 4 aromatic rings. The number of hydrogen-bond acceptors (Lipinski definition) is 5. The van der Waals surface area contributed by atoms with Gasteiger partial charge in [0, 0.05) is 30.5 Å². The summed E-state index contributed by atoms with van der Waals surface area (Å²) in [4.78, 5) is 33.1. The van der Waals surface area contributed by atoms with Gasteiger partial charge in [-0.3, -0.25) is 14.7 Å². The van der Waals surface area contributed by atoms with E-state index in [1.807, 2.05) is 48.7 Å². The number of rotatable bonds is 4. The molecule has 1 aliphatic heterocycles. The maximum atomic E-state index is 12.8. The number of hydrogen-bond donors (Lipinski definition) is 1. The molecule has 0 saturated carbocycles. The molecule has 1 saturated heterocycles. The van der Waals surface area contributed by atoms with Crippen LogP contribution in [0.15, 0.2) is 52.6 Å². The van der Waals surface area contributed by atoms with Gasteiger partial charge in [0.05, 0.1) is 29.1 Å². The number of aromatic nitrogens is 3. The average molecular weight is 420 g/mol. The Labute approximate surface area is 176 Å². The van der Waals surface area contributed by atoms with Gasteiger partial charge in [0.2, 0.25) is 5.91 Å². The van der Waals surface area contributed by atoms with E-state index in [1.165, 1.54) is 10.6 Å². The Morgan fingerprint density at radius 1 is 1.20 bits per heavy atom. The largest absolute Gasteiger partial charge is 0.495 e. The first-order valence-electron chi connectivity index (χ1n) is 9.66. The van der Waals surface area contributed by atoms with E-state index < -0.39 is 0 Å². The predicted octanol–water partition coefficient (Wildman–Crippen LogP) is 3.59. The fourth-order valence-corrected chi connectivity index (χ4v) is 4.81. The standard InChI is InChI=1S/C22H20N4O3S/c1-13-21(18-8-5-9-30-18)24-26-20(28)11-15(23-22(13)26)14-10-19(27)25(12-14)16-6-3-4-7-17(16)29-2/h3-9,11,14,24H,10,12H2,1-2H3. The second-order valence-corrected chi connectivity index (χ2v) is 8.29. The number of benzene rings is 1. The summed E-state index contributed by atoms with van der Waals surface area (Å²) in [6.07, 6.45) is 0.307. The van der Waals surface area contributed by atoms with E-state index >= 15 is 0 Å². The van der Waals surface area contributed by atoms with Crippen molar-refractivity contribution in [1.82, 2.24) is 14.6 Å². The quantitative estimate of drug-likeness (QED) is 0.547. The van der Waals surface area contributed by atoms with Gasteiger partial charge < -0.3 is 9.64 Å². The number of nitrogens with zero attached hydrogens (tertiary/aromatic N) is 3. The van der Waals surface area contributed by atoms with Crippen molar-refractivity contribution < 1.29 is 9.53 Å². The van der Waals surface area contributed by atoms with Gasteiger partial charge >= 0.3 is 0 Å². The predicted molar refractivity (Wildman–Crippen MR) is 117 cm³/mol. The summed E-state index contributed by atoms with van der Waals surface area (Å²) in [5, 5.41) is 5.17. The molecule has 1 fully saturated rings. The zero-order valence-electron chi connectivity index (χ0n) is 16.6. The maximum absolute atomic E-state index is 12.8. The van der Waals surface area contributed by atoms with Crippen LogP contribution in [0.2, 0.25) is 0 Å². The van der Waals surface area contributed by atoms with Crippen molar-refractivity contribution in [1.29, 1.82) is 0 Å². The van der Waals surface area contributed by atoms with Gasteiger partial charge in [0.25, 0.3) is 5.56 Å². The van der Waals surface area contributed by atoms with E-state index in [0.717, 1.165) is 21.8 Å². The van der Waals surface area contributed by atoms with E-state index in [9.17, 15) is 9.59 Å². The molecule has 4 heterocycles. The fourth-order valence-electron chi connectivity index (χ4n) is 4.03. The summed E-state index contributed by atoms with van der Waals surface area (Å²) in [5.41, 5.74) is 3.62. The molecule has 1 atom stereocenters. The Bertz CT molecular complexity index is 1310. The summed E-state index contributed by atoms with van der Waals surface area (Å²) in [7, 11) is 1.59. The van der Waals surface area contributed by atoms with E-state index in [1.54, 1.807) is 23.3 Å². The number of thiophene rings is 1. The van der Waals surface area contributed by atoms with Crippen molar-refractivity contribution in [2.24, 2.45) is 0 Å². The third kappa shape index (κ3) is 2.91. The molecule has 7 nitrogen and oxygen atoms in total. The molecule has 1 unspecified atom stereocenters. The highest BCUT2D eigenvalue weighted by Crippen LogP contribution is 2.36. The van der Waals surface area contributed by atoms with E-state index in [4.69, 9.17) is 9.72 Å². The number of para-hydroxylation sites is 2. The second kappa shape index (κ2) is 7.14. The third-order valence-electron chi connectivity index (χ3n) is 5.56. The van der Waals surface area contributed by atoms with Crippen molar-refractivity contribution in [2.45, 2.75) is 19.3 Å². The molecule has 0 spiro atoms. The van der Waals surface area contributed by atoms with Crippen LogP contribution in [0.25, 0.3) is 16.2 Å². The fraction of sp³-hybridized carbons (Fsp3) is 0.227. The number of ether oxygens (including phenoxy) is 1. The Hall–Kier alpha value is -3.39. The molecule has 152 valence electrons. The molecule has 8 heteroatoms. The number of H-pyrrole nitrogens is 1. The molecule has 1 amide bonds. The molecular formula is C22H20N4O3S. The van der Waals surface area contributed by atoms with E-state index in [2.05, 4.69) is 5.10 Å². The number of anilines is 1. The normalized spacial score (nSPS) is 16.5. The zero-order chi connectivity index (χ0) is 20.8. The minimum Gasteiger partial charge on any atom is -0.495 e. The zero-order valence-corrected chi connectivity index (χ0v) is 17.4. The molecule has 3 aromatic heterocycles. The molecule has 1 aliphatic rings. The highest BCUT2D eigenvalue weighted by atomic mass is 32.1. The van der Waals surface area contributed by atoms with Gasteiger partial charge in [-0.05, 0) is 30.5 Å². The first kappa shape index (κ1) is 18.6. The van der Waals surface area contributed by atoms with Crippen LogP contribution in [-0.2, 0) is 4.79 Å². The van der Waals surface area contributed by atoms with Crippen LogP contribution in [0.1, 0.15) is 23.6 Å². The highest BCUT2D eigenvalue weighted by Gasteiger charge is 2.34. The average Bonchev–Trinajstić information content (AvgIpc) is 3.48. The third-order valence-corrected chi connectivity index (χ3v) is 6.45. The lowest BCUT2D eigenvalue weighted by Crippen LogP contribution is -2.25. The van der Waals surface area contributed by atoms with Crippen LogP contribution in [-0.4, -0.2) is 34.2 Å². The molecule has 0 radical (unpaired) electrons. The van der Waals surface area contributed by atoms with Crippen molar-refractivity contribution >= 4 is 28.6 Å². The van der Waals surface area contributed by atoms with Crippen molar-refractivity contribution in [3.05, 3.63) is 69.5 Å². The van der Waals surface area contributed by atoms with E-state index in [-0.39, 0.29) is 17.4 Å². The number of aryl methyl sites for hydroxylation is 1. The lowest BCUT2D eigenvalue weighted by Gasteiger charge is -2.19. The molecule has 0 aliphatic carbocycles. The van der Waals surface area contributed by atoms with Crippen LogP contribution in [0.5, 0.6) is 5.75 Å². The number of aromatic amines is 1. The number of amides is 1. The Balaban J connectivity index is 1.53. The van der Waals surface area contributed by atoms with Crippen LogP contribution in [0.3, 0.4) is 0 Å². The van der Waals surface area contributed by atoms with Gasteiger partial charge in [-0.25, -0.2) is 9.50 Å². The summed E-state index contributed by atoms with van der Waals surface area (Å²) >= 11 is 1.60. The number of carbonyl (C=O) groups excluding carboxylic acids is 1. The minimum atomic E-state index is -0.177. The maximum Gasteiger partial charge on any atom is 0.272 e. The molecular weight excluding hydrogens is 400 g/mol. The van der Waals surface area contributed by atoms with Crippen molar-refractivity contribution in [3.63, 3.8) is 0 Å². The summed E-state index contributed by atoms with van der Waals surface area (Å²) in [6.45, 7) is 2.42. The number of methoxy groups -OCH3 is 1. The first-order chi connectivity index (χ1) is 14.6. The first-order valence-corrected chi connectivity index (χ1v) is 10.5. The molecule has 1 aromatic carbocycles. The summed E-state index contributed by atoms with van der Waals surface area (Å²) in [6, 6.07) is 13.0. The van der Waals surface area contributed by atoms with Crippen molar-refractivity contribution in [3.8, 4) is 16.3 Å². The van der Waals surface area contributed by atoms with Crippen molar-refractivity contribution in [2.75, 3.05) is 18.6 Å². The summed E-state index contributed by atoms with van der Waals surface area (Å²) < 4.78 is 6.89. The number of nitrogens with one attached hydrogen (secondary N) is 1. The SMILES string of the molecule is COc1ccccc1N1CC(c2cc(=O)n3[nH]c(-c4cccs4)c(C)c3n2)CC1=O. The number of carbonyl (C=O) groups is 1. The lowest BCUT2D eigenvalue weighted by atomic mass is 10.0. The molecule has 0 bridgehead atoms. The molecule has 5 rings (SSSR count). The Morgan fingerprint density at radius 3 is 2.80 bits per heavy atom. The van der Waals surface area contributed by atoms with Gasteiger partial charge in [0.1, 0.15) is 5.75 Å². The van der Waals surface area contributed by atoms with Gasteiger partial charge in [-0.15, -0.1) is 11.3 Å². The van der Waals surface area contributed by atoms with Crippen LogP contribution >= 0.6 is 11.3 Å². The van der Waals surface area contributed by atoms with Crippen LogP contribution in [0, 0.1) is 6.92 Å². The highest BCUT2D eigenvalue weighted by molar-refractivity contribution is 7.13. The number of fused-ring (bicyclic) bond motifs is 1. The van der Waals surface area contributed by atoms with Crippen LogP contribution in [0.4, 0.5) is 5.69 Å². The molecule has 30 heavy (non-hydrogen) atoms. The second-order valence-electron chi connectivity index (χ2n) is 7.34. The minimum absolute atomic E-state index is 0.00318. The van der Waals surface area contributed by atoms with Crippen LogP contribution < -0.4 is 15.2 Å². The van der Waals surface area contributed by atoms with Gasteiger partial charge in [-0.1, -0.05) is 18.2 Å². The smallest absolute Gasteiger partial charge is 0.272 e. The Kier molecular flexibility index (Phi) is 4.43.